The van der Waals surface area contributed by atoms with Crippen LogP contribution in [0.1, 0.15) is 18.3 Å². The molecule has 2 rings (SSSR count). The number of hydrogen-bond acceptors (Lipinski definition) is 2. The van der Waals surface area contributed by atoms with Gasteiger partial charge in [0.05, 0.1) is 12.2 Å². The molecule has 0 saturated carbocycles. The zero-order valence-corrected chi connectivity index (χ0v) is 8.66. The minimum atomic E-state index is 0.478. The van der Waals surface area contributed by atoms with Gasteiger partial charge in [0.25, 0.3) is 0 Å². The predicted molar refractivity (Wildman–Crippen MR) is 50.1 cm³/mol. The van der Waals surface area contributed by atoms with E-state index in [-0.39, 0.29) is 0 Å². The molecule has 0 radical (unpaired) electrons. The number of hydrogen-bond donors (Lipinski definition) is 1. The smallest absolute Gasteiger partial charge is 0.124 e. The second kappa shape index (κ2) is 2.85. The number of aromatic amines is 1. The standard InChI is InChI=1S/C6H9BrN3P/c7-5-3-8-6(9-5)4-1-2-10(4)11/h3-4H,1-2,11H2,(H,8,9). The molecule has 60 valence electrons. The van der Waals surface area contributed by atoms with Crippen molar-refractivity contribution in [3.05, 3.63) is 16.6 Å². The maximum atomic E-state index is 4.23. The Kier molecular flexibility index (Phi) is 2.00. The van der Waals surface area contributed by atoms with Gasteiger partial charge in [-0.05, 0) is 22.4 Å². The molecule has 1 saturated heterocycles. The minimum absolute atomic E-state index is 0.478. The number of aromatic nitrogens is 2. The van der Waals surface area contributed by atoms with E-state index in [0.717, 1.165) is 17.0 Å². The van der Waals surface area contributed by atoms with Gasteiger partial charge >= 0.3 is 0 Å². The molecule has 0 aliphatic carbocycles. The molecule has 11 heavy (non-hydrogen) atoms. The first kappa shape index (κ1) is 7.71. The summed E-state index contributed by atoms with van der Waals surface area (Å²) in [4.78, 5) is 7.39. The SMILES string of the molecule is PN1CCC1c1ncc(Br)[nH]1. The van der Waals surface area contributed by atoms with Gasteiger partial charge in [0.1, 0.15) is 10.4 Å². The fraction of sp³-hybridized carbons (Fsp3) is 0.500. The molecule has 0 amide bonds. The Balaban J connectivity index is 2.16. The van der Waals surface area contributed by atoms with E-state index >= 15 is 0 Å². The van der Waals surface area contributed by atoms with E-state index in [9.17, 15) is 0 Å². The van der Waals surface area contributed by atoms with Crippen molar-refractivity contribution in [1.82, 2.24) is 14.6 Å². The molecule has 1 aromatic rings. The molecule has 1 fully saturated rings. The number of halogens is 1. The number of imidazole rings is 1. The highest BCUT2D eigenvalue weighted by Crippen LogP contribution is 2.34. The third-order valence-corrected chi connectivity index (χ3v) is 2.96. The summed E-state index contributed by atoms with van der Waals surface area (Å²) in [7, 11) is 2.70. The molecule has 2 atom stereocenters. The Labute approximate surface area is 76.0 Å². The highest BCUT2D eigenvalue weighted by Gasteiger charge is 2.28. The van der Waals surface area contributed by atoms with Crippen LogP contribution in [-0.4, -0.2) is 21.2 Å². The van der Waals surface area contributed by atoms with Crippen molar-refractivity contribution in [3.8, 4) is 0 Å². The van der Waals surface area contributed by atoms with Crippen LogP contribution in [0.25, 0.3) is 0 Å². The number of rotatable bonds is 1. The Bertz CT molecular complexity index is 262. The van der Waals surface area contributed by atoms with Crippen molar-refractivity contribution in [3.63, 3.8) is 0 Å². The van der Waals surface area contributed by atoms with Gasteiger partial charge in [0, 0.05) is 6.54 Å². The Hall–Kier alpha value is 0.0800. The van der Waals surface area contributed by atoms with Crippen LogP contribution in [0.2, 0.25) is 0 Å². The average molecular weight is 234 g/mol. The molecular formula is C6H9BrN3P. The van der Waals surface area contributed by atoms with Gasteiger partial charge in [-0.3, -0.25) is 4.67 Å². The monoisotopic (exact) mass is 233 g/mol. The van der Waals surface area contributed by atoms with Crippen molar-refractivity contribution < 1.29 is 0 Å². The van der Waals surface area contributed by atoms with E-state index < -0.39 is 0 Å². The quantitative estimate of drug-likeness (QED) is 0.750. The van der Waals surface area contributed by atoms with E-state index in [4.69, 9.17) is 0 Å². The summed E-state index contributed by atoms with van der Waals surface area (Å²) in [5.41, 5.74) is 0. The summed E-state index contributed by atoms with van der Waals surface area (Å²) >= 11 is 3.33. The predicted octanol–water partition coefficient (Wildman–Crippen LogP) is 1.71. The van der Waals surface area contributed by atoms with Crippen LogP contribution in [0, 0.1) is 0 Å². The third-order valence-electron chi connectivity index (χ3n) is 1.94. The van der Waals surface area contributed by atoms with E-state index in [0.29, 0.717) is 6.04 Å². The molecule has 1 aliphatic rings. The highest BCUT2D eigenvalue weighted by atomic mass is 79.9. The van der Waals surface area contributed by atoms with Crippen LogP contribution in [0.4, 0.5) is 0 Å². The second-order valence-corrected chi connectivity index (χ2v) is 4.18. The van der Waals surface area contributed by atoms with Crippen molar-refractivity contribution >= 4 is 25.3 Å². The summed E-state index contributed by atoms with van der Waals surface area (Å²) < 4.78 is 3.16. The second-order valence-electron chi connectivity index (χ2n) is 2.66. The van der Waals surface area contributed by atoms with Crippen LogP contribution >= 0.6 is 25.3 Å². The fourth-order valence-corrected chi connectivity index (χ4v) is 1.93. The Morgan fingerprint density at radius 2 is 2.64 bits per heavy atom. The van der Waals surface area contributed by atoms with E-state index in [1.54, 1.807) is 6.20 Å². The molecule has 0 spiro atoms. The lowest BCUT2D eigenvalue weighted by Gasteiger charge is -2.35. The van der Waals surface area contributed by atoms with Crippen LogP contribution in [0.3, 0.4) is 0 Å². The normalized spacial score (nSPS) is 25.1. The van der Waals surface area contributed by atoms with Crippen LogP contribution < -0.4 is 0 Å². The largest absolute Gasteiger partial charge is 0.335 e. The lowest BCUT2D eigenvalue weighted by Crippen LogP contribution is -2.33. The van der Waals surface area contributed by atoms with Crippen molar-refractivity contribution in [1.29, 1.82) is 0 Å². The van der Waals surface area contributed by atoms with Crippen molar-refractivity contribution in [2.24, 2.45) is 0 Å². The Morgan fingerprint density at radius 3 is 3.00 bits per heavy atom. The first-order valence-corrected chi connectivity index (χ1v) is 4.80. The van der Waals surface area contributed by atoms with Crippen molar-refractivity contribution in [2.75, 3.05) is 6.54 Å². The minimum Gasteiger partial charge on any atom is -0.335 e. The van der Waals surface area contributed by atoms with E-state index in [1.165, 1.54) is 6.42 Å². The molecule has 0 bridgehead atoms. The van der Waals surface area contributed by atoms with Gasteiger partial charge in [-0.1, -0.05) is 9.39 Å². The topological polar surface area (TPSA) is 31.9 Å². The molecule has 1 aliphatic heterocycles. The fourth-order valence-electron chi connectivity index (χ4n) is 1.18. The van der Waals surface area contributed by atoms with Gasteiger partial charge in [-0.2, -0.15) is 0 Å². The van der Waals surface area contributed by atoms with E-state index in [2.05, 4.69) is 40.0 Å². The summed E-state index contributed by atoms with van der Waals surface area (Å²) in [6.45, 7) is 1.15. The molecule has 1 aromatic heterocycles. The molecular weight excluding hydrogens is 225 g/mol. The first-order valence-electron chi connectivity index (χ1n) is 3.49. The first-order chi connectivity index (χ1) is 5.27. The Morgan fingerprint density at radius 1 is 1.82 bits per heavy atom. The third kappa shape index (κ3) is 1.35. The molecule has 0 aromatic carbocycles. The highest BCUT2D eigenvalue weighted by molar-refractivity contribution is 9.10. The van der Waals surface area contributed by atoms with Crippen molar-refractivity contribution in [2.45, 2.75) is 12.5 Å². The van der Waals surface area contributed by atoms with Gasteiger partial charge in [-0.25, -0.2) is 4.98 Å². The summed E-state index contributed by atoms with van der Waals surface area (Å²) in [6.07, 6.45) is 3.00. The number of H-pyrrole nitrogens is 1. The zero-order valence-electron chi connectivity index (χ0n) is 5.92. The van der Waals surface area contributed by atoms with Crippen LogP contribution in [0.5, 0.6) is 0 Å². The van der Waals surface area contributed by atoms with Crippen LogP contribution in [-0.2, 0) is 0 Å². The summed E-state index contributed by atoms with van der Waals surface area (Å²) in [6, 6.07) is 0.478. The number of nitrogens with one attached hydrogen (secondary N) is 1. The number of nitrogens with zero attached hydrogens (tertiary/aromatic N) is 2. The molecule has 5 heteroatoms. The van der Waals surface area contributed by atoms with Crippen LogP contribution in [0.15, 0.2) is 10.8 Å². The molecule has 2 unspecified atom stereocenters. The summed E-state index contributed by atoms with van der Waals surface area (Å²) in [5.74, 6) is 1.05. The lowest BCUT2D eigenvalue weighted by molar-refractivity contribution is 0.213. The molecule has 3 nitrogen and oxygen atoms in total. The average Bonchev–Trinajstić information content (AvgIpc) is 2.33. The maximum absolute atomic E-state index is 4.23. The zero-order chi connectivity index (χ0) is 7.84. The van der Waals surface area contributed by atoms with Gasteiger partial charge in [-0.15, -0.1) is 0 Å². The van der Waals surface area contributed by atoms with Gasteiger partial charge < -0.3 is 4.98 Å². The van der Waals surface area contributed by atoms with E-state index in [1.807, 2.05) is 0 Å². The molecule has 2 heterocycles. The van der Waals surface area contributed by atoms with Gasteiger partial charge in [0.2, 0.25) is 0 Å². The van der Waals surface area contributed by atoms with Gasteiger partial charge in [0.15, 0.2) is 0 Å². The molecule has 1 N–H and O–H groups in total. The maximum Gasteiger partial charge on any atom is 0.124 e. The lowest BCUT2D eigenvalue weighted by atomic mass is 10.1. The summed E-state index contributed by atoms with van der Waals surface area (Å²) in [5, 5.41) is 0.